The molecule has 0 aliphatic carbocycles. The fraction of sp³-hybridized carbons (Fsp3) is 0.500. The van der Waals surface area contributed by atoms with E-state index in [0.717, 1.165) is 12.1 Å². The second kappa shape index (κ2) is 6.62. The molecule has 1 unspecified atom stereocenters. The number of nitrogens with one attached hydrogen (secondary N) is 1. The van der Waals surface area contributed by atoms with Crippen LogP contribution in [0.2, 0.25) is 0 Å². The van der Waals surface area contributed by atoms with Crippen molar-refractivity contribution in [3.05, 3.63) is 29.1 Å². The van der Waals surface area contributed by atoms with Crippen molar-refractivity contribution < 1.29 is 32.2 Å². The molecule has 0 fully saturated rings. The number of hydrazone groups is 1. The van der Waals surface area contributed by atoms with Gasteiger partial charge in [0.1, 0.15) is 23.7 Å². The zero-order chi connectivity index (χ0) is 19.0. The van der Waals surface area contributed by atoms with Crippen molar-refractivity contribution in [2.45, 2.75) is 39.0 Å². The van der Waals surface area contributed by atoms with E-state index in [1.807, 2.05) is 0 Å². The Labute approximate surface area is 141 Å². The van der Waals surface area contributed by atoms with Crippen LogP contribution in [-0.4, -0.2) is 28.9 Å². The van der Waals surface area contributed by atoms with Crippen LogP contribution in [0.5, 0.6) is 5.75 Å². The summed E-state index contributed by atoms with van der Waals surface area (Å²) in [6, 6.07) is 2.11. The Bertz CT molecular complexity index is 709. The zero-order valence-corrected chi connectivity index (χ0v) is 13.9. The Balaban J connectivity index is 2.50. The van der Waals surface area contributed by atoms with Gasteiger partial charge in [-0.2, -0.15) is 18.3 Å². The fourth-order valence-corrected chi connectivity index (χ4v) is 2.37. The van der Waals surface area contributed by atoms with E-state index in [2.05, 4.69) is 10.5 Å². The van der Waals surface area contributed by atoms with Crippen molar-refractivity contribution >= 4 is 11.6 Å². The number of nitrogens with zero attached hydrogens (tertiary/aromatic N) is 1. The van der Waals surface area contributed by atoms with E-state index in [-0.39, 0.29) is 17.7 Å². The van der Waals surface area contributed by atoms with Crippen LogP contribution in [0, 0.1) is 11.7 Å². The summed E-state index contributed by atoms with van der Waals surface area (Å²) in [6.07, 6.45) is -5.01. The molecule has 9 heteroatoms. The Morgan fingerprint density at radius 2 is 2.00 bits per heavy atom. The number of rotatable bonds is 4. The standard InChI is InChI=1S/C16H18F4N2O3/c1-8-6-11(23)21-22-14(8)9-4-5-10(25-7-15(2,3)24)12(13(9)17)16(18,19)20/h4-5,8,24H,6-7H2,1-3H3,(H,21,23). The van der Waals surface area contributed by atoms with Gasteiger partial charge in [0.15, 0.2) is 0 Å². The summed E-state index contributed by atoms with van der Waals surface area (Å²) in [7, 11) is 0. The average molecular weight is 362 g/mol. The number of carbonyl (C=O) groups is 1. The highest BCUT2D eigenvalue weighted by atomic mass is 19.4. The molecule has 0 aromatic heterocycles. The fourth-order valence-electron chi connectivity index (χ4n) is 2.37. The first-order valence-electron chi connectivity index (χ1n) is 7.52. The maximum absolute atomic E-state index is 14.6. The maximum Gasteiger partial charge on any atom is 0.422 e. The third-order valence-corrected chi connectivity index (χ3v) is 3.50. The van der Waals surface area contributed by atoms with Crippen LogP contribution in [0.1, 0.15) is 38.3 Å². The van der Waals surface area contributed by atoms with Gasteiger partial charge < -0.3 is 9.84 Å². The SMILES string of the molecule is CC1CC(=O)NN=C1c1ccc(OCC(C)(C)O)c(C(F)(F)F)c1F. The summed E-state index contributed by atoms with van der Waals surface area (Å²) in [6.45, 7) is 3.84. The summed E-state index contributed by atoms with van der Waals surface area (Å²) >= 11 is 0. The molecule has 1 heterocycles. The Hall–Kier alpha value is -2.16. The van der Waals surface area contributed by atoms with Gasteiger partial charge in [0, 0.05) is 17.9 Å². The van der Waals surface area contributed by atoms with Crippen LogP contribution >= 0.6 is 0 Å². The van der Waals surface area contributed by atoms with Crippen molar-refractivity contribution in [1.82, 2.24) is 5.43 Å². The summed E-state index contributed by atoms with van der Waals surface area (Å²) in [4.78, 5) is 11.3. The summed E-state index contributed by atoms with van der Waals surface area (Å²) in [5.74, 6) is -3.17. The molecule has 2 rings (SSSR count). The van der Waals surface area contributed by atoms with E-state index >= 15 is 0 Å². The molecule has 25 heavy (non-hydrogen) atoms. The highest BCUT2D eigenvalue weighted by molar-refractivity contribution is 6.06. The largest absolute Gasteiger partial charge is 0.490 e. The summed E-state index contributed by atoms with van der Waals surface area (Å²) in [5, 5.41) is 13.3. The number of halogens is 4. The van der Waals surface area contributed by atoms with Crippen molar-refractivity contribution in [2.24, 2.45) is 11.0 Å². The molecule has 1 aromatic rings. The van der Waals surface area contributed by atoms with Gasteiger partial charge in [-0.1, -0.05) is 6.92 Å². The first-order chi connectivity index (χ1) is 11.4. The monoisotopic (exact) mass is 362 g/mol. The van der Waals surface area contributed by atoms with E-state index in [1.165, 1.54) is 13.8 Å². The van der Waals surface area contributed by atoms with Gasteiger partial charge in [-0.05, 0) is 26.0 Å². The molecule has 1 aromatic carbocycles. The van der Waals surface area contributed by atoms with Crippen molar-refractivity contribution in [1.29, 1.82) is 0 Å². The minimum absolute atomic E-state index is 0.00340. The van der Waals surface area contributed by atoms with Gasteiger partial charge in [-0.15, -0.1) is 0 Å². The third-order valence-electron chi connectivity index (χ3n) is 3.50. The minimum Gasteiger partial charge on any atom is -0.490 e. The summed E-state index contributed by atoms with van der Waals surface area (Å²) in [5.41, 5.74) is -1.14. The second-order valence-electron chi connectivity index (χ2n) is 6.54. The number of amides is 1. The van der Waals surface area contributed by atoms with Gasteiger partial charge in [0.05, 0.1) is 11.3 Å². The number of aliphatic hydroxyl groups is 1. The molecule has 1 aliphatic rings. The van der Waals surface area contributed by atoms with Crippen LogP contribution in [-0.2, 0) is 11.0 Å². The molecule has 0 spiro atoms. The Kier molecular flexibility index (Phi) is 5.08. The Morgan fingerprint density at radius 3 is 2.52 bits per heavy atom. The molecule has 0 bridgehead atoms. The number of carbonyl (C=O) groups excluding carboxylic acids is 1. The lowest BCUT2D eigenvalue weighted by Crippen LogP contribution is -2.33. The molecule has 2 N–H and O–H groups in total. The van der Waals surface area contributed by atoms with Crippen LogP contribution < -0.4 is 10.2 Å². The van der Waals surface area contributed by atoms with Gasteiger partial charge in [0.2, 0.25) is 5.91 Å². The van der Waals surface area contributed by atoms with Crippen molar-refractivity contribution in [2.75, 3.05) is 6.61 Å². The molecule has 1 atom stereocenters. The first-order valence-corrected chi connectivity index (χ1v) is 7.52. The number of alkyl halides is 3. The number of ether oxygens (including phenoxy) is 1. The predicted molar refractivity (Wildman–Crippen MR) is 81.7 cm³/mol. The molecule has 0 saturated carbocycles. The van der Waals surface area contributed by atoms with E-state index in [1.54, 1.807) is 6.92 Å². The minimum atomic E-state index is -5.00. The molecular weight excluding hydrogens is 344 g/mol. The normalized spacial score (nSPS) is 18.6. The number of hydrogen-bond donors (Lipinski definition) is 2. The molecule has 138 valence electrons. The number of hydrogen-bond acceptors (Lipinski definition) is 4. The summed E-state index contributed by atoms with van der Waals surface area (Å²) < 4.78 is 59.7. The lowest BCUT2D eigenvalue weighted by atomic mass is 9.92. The van der Waals surface area contributed by atoms with Crippen LogP contribution in [0.3, 0.4) is 0 Å². The van der Waals surface area contributed by atoms with E-state index in [9.17, 15) is 27.5 Å². The second-order valence-corrected chi connectivity index (χ2v) is 6.54. The smallest absolute Gasteiger partial charge is 0.422 e. The lowest BCUT2D eigenvalue weighted by molar-refractivity contribution is -0.141. The predicted octanol–water partition coefficient (Wildman–Crippen LogP) is 2.85. The zero-order valence-electron chi connectivity index (χ0n) is 13.9. The molecule has 1 aliphatic heterocycles. The highest BCUT2D eigenvalue weighted by Crippen LogP contribution is 2.40. The van der Waals surface area contributed by atoms with Crippen molar-refractivity contribution in [3.8, 4) is 5.75 Å². The maximum atomic E-state index is 14.6. The van der Waals surface area contributed by atoms with Gasteiger partial charge >= 0.3 is 6.18 Å². The van der Waals surface area contributed by atoms with E-state index in [4.69, 9.17) is 4.74 Å². The quantitative estimate of drug-likeness (QED) is 0.809. The molecule has 0 radical (unpaired) electrons. The first kappa shape index (κ1) is 19.2. The average Bonchev–Trinajstić information content (AvgIpc) is 2.44. The van der Waals surface area contributed by atoms with E-state index in [0.29, 0.717) is 0 Å². The Morgan fingerprint density at radius 1 is 1.36 bits per heavy atom. The van der Waals surface area contributed by atoms with Crippen LogP contribution in [0.25, 0.3) is 0 Å². The van der Waals surface area contributed by atoms with Gasteiger partial charge in [-0.25, -0.2) is 9.82 Å². The van der Waals surface area contributed by atoms with Crippen molar-refractivity contribution in [3.63, 3.8) is 0 Å². The highest BCUT2D eigenvalue weighted by Gasteiger charge is 2.40. The van der Waals surface area contributed by atoms with Crippen LogP contribution in [0.4, 0.5) is 17.6 Å². The molecular formula is C16H18F4N2O3. The van der Waals surface area contributed by atoms with Gasteiger partial charge in [-0.3, -0.25) is 4.79 Å². The molecule has 5 nitrogen and oxygen atoms in total. The van der Waals surface area contributed by atoms with Crippen LogP contribution in [0.15, 0.2) is 17.2 Å². The lowest BCUT2D eigenvalue weighted by Gasteiger charge is -2.23. The molecule has 0 saturated heterocycles. The third kappa shape index (κ3) is 4.47. The molecule has 1 amide bonds. The number of benzene rings is 1. The van der Waals surface area contributed by atoms with E-state index < -0.39 is 47.3 Å². The topological polar surface area (TPSA) is 70.9 Å². The van der Waals surface area contributed by atoms with Gasteiger partial charge in [0.25, 0.3) is 0 Å².